The Labute approximate surface area is 110 Å². The molecule has 0 atom stereocenters. The Morgan fingerprint density at radius 3 is 2.89 bits per heavy atom. The monoisotopic (exact) mass is 312 g/mol. The third-order valence-corrected chi connectivity index (χ3v) is 2.74. The maximum atomic E-state index is 10.5. The summed E-state index contributed by atoms with van der Waals surface area (Å²) in [6.45, 7) is 0.303. The van der Waals surface area contributed by atoms with E-state index < -0.39 is 10.9 Å². The van der Waals surface area contributed by atoms with Crippen LogP contribution in [0.2, 0.25) is 0 Å². The second-order valence-electron chi connectivity index (χ2n) is 3.36. The number of hydrogen-bond acceptors (Lipinski definition) is 6. The van der Waals surface area contributed by atoms with Crippen molar-refractivity contribution in [3.63, 3.8) is 0 Å². The van der Waals surface area contributed by atoms with Gasteiger partial charge in [-0.3, -0.25) is 0 Å². The molecule has 2 heterocycles. The van der Waals surface area contributed by atoms with Crippen molar-refractivity contribution in [2.75, 3.05) is 12.4 Å². The highest BCUT2D eigenvalue weighted by molar-refractivity contribution is 9.10. The van der Waals surface area contributed by atoms with Crippen molar-refractivity contribution >= 4 is 27.7 Å². The van der Waals surface area contributed by atoms with Crippen molar-refractivity contribution in [1.29, 1.82) is 0 Å². The van der Waals surface area contributed by atoms with Crippen molar-refractivity contribution in [3.8, 4) is 0 Å². The standard InChI is InChI=1S/C9H9BrN6O2/c1-11-7-4-2-3-6(12-7)5-15-8(10)13-9(14-15)16(17)18/h2-4H,5H2,1H3,(H,11,12). The summed E-state index contributed by atoms with van der Waals surface area (Å²) in [6, 6.07) is 5.47. The van der Waals surface area contributed by atoms with Crippen LogP contribution in [0, 0.1) is 10.1 Å². The van der Waals surface area contributed by atoms with Gasteiger partial charge in [0.1, 0.15) is 12.4 Å². The van der Waals surface area contributed by atoms with Gasteiger partial charge in [0.2, 0.25) is 0 Å². The van der Waals surface area contributed by atoms with E-state index in [1.54, 1.807) is 13.1 Å². The number of rotatable bonds is 4. The summed E-state index contributed by atoms with van der Waals surface area (Å²) in [6.07, 6.45) is 0. The lowest BCUT2D eigenvalue weighted by atomic mass is 10.3. The molecular weight excluding hydrogens is 304 g/mol. The van der Waals surface area contributed by atoms with Crippen LogP contribution in [0.25, 0.3) is 0 Å². The normalized spacial score (nSPS) is 10.3. The molecule has 0 saturated heterocycles. The van der Waals surface area contributed by atoms with Crippen molar-refractivity contribution in [2.45, 2.75) is 6.54 Å². The van der Waals surface area contributed by atoms with Crippen LogP contribution in [0.15, 0.2) is 22.9 Å². The minimum absolute atomic E-state index is 0.297. The first-order chi connectivity index (χ1) is 8.60. The van der Waals surface area contributed by atoms with Gasteiger partial charge in [0.25, 0.3) is 4.73 Å². The number of pyridine rings is 1. The average molecular weight is 313 g/mol. The Morgan fingerprint density at radius 2 is 2.28 bits per heavy atom. The number of hydrogen-bond donors (Lipinski definition) is 1. The highest BCUT2D eigenvalue weighted by atomic mass is 79.9. The van der Waals surface area contributed by atoms with Crippen LogP contribution in [0.4, 0.5) is 11.8 Å². The van der Waals surface area contributed by atoms with Gasteiger partial charge in [0.15, 0.2) is 0 Å². The average Bonchev–Trinajstić information content (AvgIpc) is 2.71. The Morgan fingerprint density at radius 1 is 1.50 bits per heavy atom. The summed E-state index contributed by atoms with van der Waals surface area (Å²) < 4.78 is 1.67. The van der Waals surface area contributed by atoms with Crippen LogP contribution < -0.4 is 5.32 Å². The third kappa shape index (κ3) is 2.62. The van der Waals surface area contributed by atoms with E-state index in [2.05, 4.69) is 36.3 Å². The minimum Gasteiger partial charge on any atom is -0.390 e. The highest BCUT2D eigenvalue weighted by Gasteiger charge is 2.19. The number of anilines is 1. The van der Waals surface area contributed by atoms with Gasteiger partial charge in [-0.25, -0.2) is 4.98 Å². The van der Waals surface area contributed by atoms with Gasteiger partial charge in [-0.05, 0) is 22.0 Å². The van der Waals surface area contributed by atoms with Crippen LogP contribution in [-0.4, -0.2) is 31.7 Å². The maximum absolute atomic E-state index is 10.5. The molecule has 8 nitrogen and oxygen atoms in total. The number of aromatic nitrogens is 4. The number of nitrogens with one attached hydrogen (secondary N) is 1. The zero-order valence-electron chi connectivity index (χ0n) is 9.37. The van der Waals surface area contributed by atoms with E-state index in [1.807, 2.05) is 12.1 Å². The van der Waals surface area contributed by atoms with E-state index in [-0.39, 0.29) is 0 Å². The predicted octanol–water partition coefficient (Wildman–Crippen LogP) is 1.43. The van der Waals surface area contributed by atoms with Crippen LogP contribution in [0.1, 0.15) is 5.69 Å². The van der Waals surface area contributed by atoms with Crippen LogP contribution in [-0.2, 0) is 6.54 Å². The Bertz CT molecular complexity index is 584. The lowest BCUT2D eigenvalue weighted by Gasteiger charge is -2.02. The minimum atomic E-state index is -0.640. The molecule has 2 aromatic rings. The van der Waals surface area contributed by atoms with E-state index in [1.165, 1.54) is 4.68 Å². The molecule has 0 aromatic carbocycles. The molecule has 0 aliphatic heterocycles. The van der Waals surface area contributed by atoms with Gasteiger partial charge in [-0.15, -0.1) is 0 Å². The lowest BCUT2D eigenvalue weighted by molar-refractivity contribution is -0.394. The van der Waals surface area contributed by atoms with Crippen molar-refractivity contribution in [2.24, 2.45) is 0 Å². The largest absolute Gasteiger partial charge is 0.492 e. The molecule has 0 spiro atoms. The van der Waals surface area contributed by atoms with Gasteiger partial charge in [0, 0.05) is 28.1 Å². The Hall–Kier alpha value is -2.03. The van der Waals surface area contributed by atoms with E-state index in [9.17, 15) is 10.1 Å². The molecule has 0 fully saturated rings. The first-order valence-electron chi connectivity index (χ1n) is 4.98. The lowest BCUT2D eigenvalue weighted by Crippen LogP contribution is -2.05. The number of nitro groups is 1. The van der Waals surface area contributed by atoms with Crippen molar-refractivity contribution in [1.82, 2.24) is 19.7 Å². The molecule has 0 aliphatic rings. The fourth-order valence-corrected chi connectivity index (χ4v) is 1.71. The predicted molar refractivity (Wildman–Crippen MR) is 67.3 cm³/mol. The molecule has 18 heavy (non-hydrogen) atoms. The second kappa shape index (κ2) is 5.08. The zero-order valence-corrected chi connectivity index (χ0v) is 11.0. The number of halogens is 1. The molecule has 1 N–H and O–H groups in total. The molecule has 0 unspecified atom stereocenters. The summed E-state index contributed by atoms with van der Waals surface area (Å²) in [5.74, 6) is 0.282. The summed E-state index contributed by atoms with van der Waals surface area (Å²) in [7, 11) is 1.77. The Balaban J connectivity index is 2.25. The summed E-state index contributed by atoms with van der Waals surface area (Å²) in [5.41, 5.74) is 0.724. The quantitative estimate of drug-likeness (QED) is 0.677. The summed E-state index contributed by atoms with van der Waals surface area (Å²) >= 11 is 3.12. The molecule has 0 bridgehead atoms. The molecule has 9 heteroatoms. The molecule has 2 rings (SSSR count). The van der Waals surface area contributed by atoms with Crippen molar-refractivity contribution < 1.29 is 4.92 Å². The van der Waals surface area contributed by atoms with Crippen molar-refractivity contribution in [3.05, 3.63) is 38.7 Å². The molecular formula is C9H9BrN6O2. The van der Waals surface area contributed by atoms with Gasteiger partial charge in [0.05, 0.1) is 5.69 Å². The molecule has 94 valence electrons. The molecule has 0 radical (unpaired) electrons. The smallest absolute Gasteiger partial charge is 0.390 e. The van der Waals surface area contributed by atoms with E-state index in [0.29, 0.717) is 11.3 Å². The zero-order chi connectivity index (χ0) is 13.1. The van der Waals surface area contributed by atoms with E-state index >= 15 is 0 Å². The van der Waals surface area contributed by atoms with Crippen LogP contribution in [0.3, 0.4) is 0 Å². The summed E-state index contributed by atoms with van der Waals surface area (Å²) in [4.78, 5) is 17.9. The van der Waals surface area contributed by atoms with Gasteiger partial charge >= 0.3 is 5.95 Å². The van der Waals surface area contributed by atoms with Crippen LogP contribution in [0.5, 0.6) is 0 Å². The van der Waals surface area contributed by atoms with Gasteiger partial charge < -0.3 is 15.4 Å². The first-order valence-corrected chi connectivity index (χ1v) is 5.78. The Kier molecular flexibility index (Phi) is 3.51. The van der Waals surface area contributed by atoms with Gasteiger partial charge in [-0.2, -0.15) is 4.68 Å². The number of nitrogens with zero attached hydrogens (tertiary/aromatic N) is 5. The van der Waals surface area contributed by atoms with E-state index in [4.69, 9.17) is 0 Å². The van der Waals surface area contributed by atoms with E-state index in [0.717, 1.165) is 11.5 Å². The van der Waals surface area contributed by atoms with Gasteiger partial charge in [-0.1, -0.05) is 6.07 Å². The third-order valence-electron chi connectivity index (χ3n) is 2.15. The molecule has 0 aliphatic carbocycles. The molecule has 0 amide bonds. The first kappa shape index (κ1) is 12.4. The highest BCUT2D eigenvalue weighted by Crippen LogP contribution is 2.14. The topological polar surface area (TPSA) is 98.8 Å². The SMILES string of the molecule is CNc1cccc(Cn2nc([N+](=O)[O-])nc2Br)n1. The maximum Gasteiger partial charge on any atom is 0.492 e. The molecule has 0 saturated carbocycles. The second-order valence-corrected chi connectivity index (χ2v) is 4.07. The van der Waals surface area contributed by atoms with Crippen LogP contribution >= 0.6 is 15.9 Å². The summed E-state index contributed by atoms with van der Waals surface area (Å²) in [5, 5.41) is 17.2. The molecule has 2 aromatic heterocycles. The fourth-order valence-electron chi connectivity index (χ4n) is 1.35. The fraction of sp³-hybridized carbons (Fsp3) is 0.222.